The highest BCUT2D eigenvalue weighted by Crippen LogP contribution is 2.40. The molecule has 0 spiro atoms. The molecule has 1 fully saturated rings. The molecule has 0 N–H and O–H groups in total. The van der Waals surface area contributed by atoms with Crippen molar-refractivity contribution >= 4 is 5.91 Å². The first kappa shape index (κ1) is 15.5. The van der Waals surface area contributed by atoms with Crippen molar-refractivity contribution in [2.24, 2.45) is 0 Å². The average Bonchev–Trinajstić information content (AvgIpc) is 3.37. The van der Waals surface area contributed by atoms with E-state index < -0.39 is 0 Å². The molecule has 0 aromatic heterocycles. The summed E-state index contributed by atoms with van der Waals surface area (Å²) >= 11 is 0. The lowest BCUT2D eigenvalue weighted by atomic mass is 9.86. The molecule has 4 heteroatoms. The number of aryl methyl sites for hydroxylation is 1. The molecule has 0 bridgehead atoms. The van der Waals surface area contributed by atoms with Crippen LogP contribution in [-0.4, -0.2) is 43.8 Å². The molecule has 1 amide bonds. The molecular formula is C18H25NO3. The van der Waals surface area contributed by atoms with Gasteiger partial charge in [-0.1, -0.05) is 24.3 Å². The van der Waals surface area contributed by atoms with Crippen LogP contribution in [0.2, 0.25) is 0 Å². The first-order chi connectivity index (χ1) is 10.8. The Hall–Kier alpha value is -1.39. The first-order valence-electron chi connectivity index (χ1n) is 8.27. The lowest BCUT2D eigenvalue weighted by Crippen LogP contribution is -2.40. The largest absolute Gasteiger partial charge is 0.382 e. The minimum Gasteiger partial charge on any atom is -0.382 e. The summed E-state index contributed by atoms with van der Waals surface area (Å²) < 4.78 is 10.4. The van der Waals surface area contributed by atoms with Gasteiger partial charge in [0.15, 0.2) is 0 Å². The Kier molecular flexibility index (Phi) is 5.11. The van der Waals surface area contributed by atoms with Crippen LogP contribution >= 0.6 is 0 Å². The van der Waals surface area contributed by atoms with Crippen LogP contribution in [0.25, 0.3) is 0 Å². The maximum absolute atomic E-state index is 12.7. The van der Waals surface area contributed by atoms with Gasteiger partial charge in [-0.3, -0.25) is 4.79 Å². The lowest BCUT2D eigenvalue weighted by Gasteiger charge is -2.36. The number of hydrogen-bond donors (Lipinski definition) is 0. The third kappa shape index (κ3) is 3.50. The normalized spacial score (nSPS) is 20.5. The zero-order valence-electron chi connectivity index (χ0n) is 13.3. The molecule has 120 valence electrons. The van der Waals surface area contributed by atoms with E-state index in [1.807, 2.05) is 0 Å². The smallest absolute Gasteiger partial charge is 0.249 e. The predicted octanol–water partition coefficient (Wildman–Crippen LogP) is 2.72. The number of hydrogen-bond acceptors (Lipinski definition) is 3. The number of fused-ring (bicyclic) bond motifs is 1. The number of methoxy groups -OCH3 is 1. The summed E-state index contributed by atoms with van der Waals surface area (Å²) in [5, 5.41) is 0. The molecule has 3 rings (SSSR count). The highest BCUT2D eigenvalue weighted by atomic mass is 16.5. The molecule has 1 unspecified atom stereocenters. The molecule has 22 heavy (non-hydrogen) atoms. The van der Waals surface area contributed by atoms with E-state index in [-0.39, 0.29) is 18.6 Å². The van der Waals surface area contributed by atoms with Gasteiger partial charge < -0.3 is 14.4 Å². The second-order valence-electron chi connectivity index (χ2n) is 6.18. The fourth-order valence-corrected chi connectivity index (χ4v) is 3.38. The molecule has 0 aliphatic heterocycles. The standard InChI is InChI=1S/C18H25NO3/c1-21-11-12-22-13-18(20)19(15-9-10-15)17-8-4-6-14-5-2-3-7-16(14)17/h2-3,5,7,15,17H,4,6,8-13H2,1H3. The van der Waals surface area contributed by atoms with Gasteiger partial charge in [0, 0.05) is 13.2 Å². The molecule has 0 saturated heterocycles. The summed E-state index contributed by atoms with van der Waals surface area (Å²) in [5.74, 6) is 0.125. The van der Waals surface area contributed by atoms with Crippen LogP contribution < -0.4 is 0 Å². The third-order valence-corrected chi connectivity index (χ3v) is 4.56. The van der Waals surface area contributed by atoms with Gasteiger partial charge >= 0.3 is 0 Å². The number of benzene rings is 1. The van der Waals surface area contributed by atoms with Gasteiger partial charge in [0.05, 0.1) is 19.3 Å². The van der Waals surface area contributed by atoms with E-state index in [1.54, 1.807) is 7.11 Å². The van der Waals surface area contributed by atoms with Crippen molar-refractivity contribution < 1.29 is 14.3 Å². The summed E-state index contributed by atoms with van der Waals surface area (Å²) in [4.78, 5) is 14.8. The molecule has 4 nitrogen and oxygen atoms in total. The van der Waals surface area contributed by atoms with Crippen LogP contribution in [0, 0.1) is 0 Å². The minimum absolute atomic E-state index is 0.125. The Morgan fingerprint density at radius 3 is 2.82 bits per heavy atom. The Bertz CT molecular complexity index is 513. The van der Waals surface area contributed by atoms with Gasteiger partial charge in [0.1, 0.15) is 6.61 Å². The zero-order valence-corrected chi connectivity index (χ0v) is 13.3. The molecule has 0 heterocycles. The fraction of sp³-hybridized carbons (Fsp3) is 0.611. The van der Waals surface area contributed by atoms with E-state index in [0.717, 1.165) is 32.1 Å². The molecule has 1 saturated carbocycles. The number of rotatable bonds is 7. The Morgan fingerprint density at radius 2 is 2.05 bits per heavy atom. The van der Waals surface area contributed by atoms with Crippen LogP contribution in [0.4, 0.5) is 0 Å². The van der Waals surface area contributed by atoms with Gasteiger partial charge in [-0.2, -0.15) is 0 Å². The number of carbonyl (C=O) groups excluding carboxylic acids is 1. The van der Waals surface area contributed by atoms with Gasteiger partial charge in [-0.05, 0) is 43.2 Å². The summed E-state index contributed by atoms with van der Waals surface area (Å²) in [6.07, 6.45) is 5.61. The average molecular weight is 303 g/mol. The van der Waals surface area contributed by atoms with Crippen LogP contribution in [0.5, 0.6) is 0 Å². The fourth-order valence-electron chi connectivity index (χ4n) is 3.38. The van der Waals surface area contributed by atoms with Crippen molar-refractivity contribution in [3.05, 3.63) is 35.4 Å². The number of ether oxygens (including phenoxy) is 2. The maximum atomic E-state index is 12.7. The van der Waals surface area contributed by atoms with E-state index in [2.05, 4.69) is 29.2 Å². The van der Waals surface area contributed by atoms with Crippen molar-refractivity contribution in [2.75, 3.05) is 26.9 Å². The van der Waals surface area contributed by atoms with Crippen molar-refractivity contribution in [3.8, 4) is 0 Å². The molecule has 1 atom stereocenters. The Labute approximate surface area is 132 Å². The van der Waals surface area contributed by atoms with Gasteiger partial charge in [0.25, 0.3) is 0 Å². The molecule has 1 aromatic rings. The summed E-state index contributed by atoms with van der Waals surface area (Å²) in [6.45, 7) is 1.17. The van der Waals surface area contributed by atoms with Crippen molar-refractivity contribution in [1.29, 1.82) is 0 Å². The van der Waals surface area contributed by atoms with Gasteiger partial charge in [-0.25, -0.2) is 0 Å². The van der Waals surface area contributed by atoms with Crippen LogP contribution in [0.3, 0.4) is 0 Å². The van der Waals surface area contributed by atoms with Crippen molar-refractivity contribution in [3.63, 3.8) is 0 Å². The quantitative estimate of drug-likeness (QED) is 0.727. The van der Waals surface area contributed by atoms with E-state index in [4.69, 9.17) is 9.47 Å². The molecular weight excluding hydrogens is 278 g/mol. The number of nitrogens with zero attached hydrogens (tertiary/aromatic N) is 1. The van der Waals surface area contributed by atoms with Crippen molar-refractivity contribution in [1.82, 2.24) is 4.90 Å². The summed E-state index contributed by atoms with van der Waals surface area (Å²) in [6, 6.07) is 9.21. The number of amides is 1. The Morgan fingerprint density at radius 1 is 1.23 bits per heavy atom. The summed E-state index contributed by atoms with van der Waals surface area (Å²) in [5.41, 5.74) is 2.74. The monoisotopic (exact) mass is 303 g/mol. The highest BCUT2D eigenvalue weighted by Gasteiger charge is 2.39. The third-order valence-electron chi connectivity index (χ3n) is 4.56. The summed E-state index contributed by atoms with van der Waals surface area (Å²) in [7, 11) is 1.64. The lowest BCUT2D eigenvalue weighted by molar-refractivity contribution is -0.140. The first-order valence-corrected chi connectivity index (χ1v) is 8.27. The van der Waals surface area contributed by atoms with Crippen LogP contribution in [0.15, 0.2) is 24.3 Å². The molecule has 2 aliphatic rings. The zero-order chi connectivity index (χ0) is 15.4. The second kappa shape index (κ2) is 7.25. The Balaban J connectivity index is 1.71. The van der Waals surface area contributed by atoms with Gasteiger partial charge in [-0.15, -0.1) is 0 Å². The second-order valence-corrected chi connectivity index (χ2v) is 6.18. The SMILES string of the molecule is COCCOCC(=O)N(C1CC1)C1CCCc2ccccc21. The number of carbonyl (C=O) groups is 1. The predicted molar refractivity (Wildman–Crippen MR) is 84.7 cm³/mol. The van der Waals surface area contributed by atoms with E-state index in [1.165, 1.54) is 11.1 Å². The maximum Gasteiger partial charge on any atom is 0.249 e. The van der Waals surface area contributed by atoms with Gasteiger partial charge in [0.2, 0.25) is 5.91 Å². The van der Waals surface area contributed by atoms with Crippen molar-refractivity contribution in [2.45, 2.75) is 44.2 Å². The highest BCUT2D eigenvalue weighted by molar-refractivity contribution is 5.78. The van der Waals surface area contributed by atoms with E-state index in [0.29, 0.717) is 19.3 Å². The molecule has 0 radical (unpaired) electrons. The van der Waals surface area contributed by atoms with E-state index in [9.17, 15) is 4.79 Å². The topological polar surface area (TPSA) is 38.8 Å². The van der Waals surface area contributed by atoms with E-state index >= 15 is 0 Å². The molecule has 1 aromatic carbocycles. The van der Waals surface area contributed by atoms with Crippen LogP contribution in [-0.2, 0) is 20.7 Å². The molecule has 2 aliphatic carbocycles. The minimum atomic E-state index is 0.125. The van der Waals surface area contributed by atoms with Crippen LogP contribution in [0.1, 0.15) is 42.9 Å².